The average Bonchev–Trinajstić information content (AvgIpc) is 3.15. The number of hydrogen-bond donors (Lipinski definition) is 1. The Kier molecular flexibility index (Phi) is 5.08. The van der Waals surface area contributed by atoms with Gasteiger partial charge >= 0.3 is 0 Å². The number of nitrogens with two attached hydrogens (primary N) is 1. The third kappa shape index (κ3) is 3.61. The number of nitrogens with zero attached hydrogens (tertiary/aromatic N) is 3. The van der Waals surface area contributed by atoms with Crippen LogP contribution in [0.15, 0.2) is 67.3 Å². The van der Waals surface area contributed by atoms with Crippen LogP contribution >= 0.6 is 0 Å². The first-order chi connectivity index (χ1) is 14.1. The molecular formula is C23H22N4O2. The van der Waals surface area contributed by atoms with E-state index in [1.54, 1.807) is 47.8 Å². The van der Waals surface area contributed by atoms with Crippen LogP contribution in [0.5, 0.6) is 0 Å². The summed E-state index contributed by atoms with van der Waals surface area (Å²) in [5, 5.41) is 0. The zero-order chi connectivity index (χ0) is 20.4. The Morgan fingerprint density at radius 3 is 2.52 bits per heavy atom. The first-order valence-corrected chi connectivity index (χ1v) is 9.57. The van der Waals surface area contributed by atoms with Crippen molar-refractivity contribution < 1.29 is 9.59 Å². The van der Waals surface area contributed by atoms with Gasteiger partial charge in [-0.3, -0.25) is 19.6 Å². The molecule has 2 aromatic heterocycles. The van der Waals surface area contributed by atoms with Crippen molar-refractivity contribution in [3.05, 3.63) is 95.1 Å². The highest BCUT2D eigenvalue weighted by atomic mass is 16.2. The number of fused-ring (bicyclic) bond motifs is 1. The molecule has 29 heavy (non-hydrogen) atoms. The van der Waals surface area contributed by atoms with Gasteiger partial charge in [-0.2, -0.15) is 0 Å². The summed E-state index contributed by atoms with van der Waals surface area (Å²) in [6.45, 7) is 2.02. The second kappa shape index (κ2) is 7.83. The van der Waals surface area contributed by atoms with Crippen molar-refractivity contribution in [2.75, 3.05) is 0 Å². The highest BCUT2D eigenvalue weighted by molar-refractivity contribution is 5.97. The number of primary amides is 1. The summed E-state index contributed by atoms with van der Waals surface area (Å²) in [6, 6.07) is 12.0. The first kappa shape index (κ1) is 18.8. The van der Waals surface area contributed by atoms with E-state index in [0.717, 1.165) is 24.0 Å². The maximum absolute atomic E-state index is 13.6. The highest BCUT2D eigenvalue weighted by Gasteiger charge is 2.39. The maximum atomic E-state index is 13.6. The fraction of sp³-hybridized carbons (Fsp3) is 0.217. The van der Waals surface area contributed by atoms with Crippen LogP contribution in [0.1, 0.15) is 51.1 Å². The summed E-state index contributed by atoms with van der Waals surface area (Å²) < 4.78 is 0. The van der Waals surface area contributed by atoms with Crippen LogP contribution < -0.4 is 5.73 Å². The Bertz CT molecular complexity index is 1040. The van der Waals surface area contributed by atoms with Crippen LogP contribution in [0.2, 0.25) is 0 Å². The van der Waals surface area contributed by atoms with E-state index in [2.05, 4.69) is 28.2 Å². The molecule has 1 aliphatic rings. The van der Waals surface area contributed by atoms with E-state index >= 15 is 0 Å². The summed E-state index contributed by atoms with van der Waals surface area (Å²) in [5.74, 6) is -0.860. The van der Waals surface area contributed by atoms with Gasteiger partial charge < -0.3 is 10.6 Å². The van der Waals surface area contributed by atoms with Crippen molar-refractivity contribution in [3.63, 3.8) is 0 Å². The summed E-state index contributed by atoms with van der Waals surface area (Å²) >= 11 is 0. The van der Waals surface area contributed by atoms with Crippen molar-refractivity contribution in [3.8, 4) is 0 Å². The molecule has 1 aliphatic carbocycles. The lowest BCUT2D eigenvalue weighted by Crippen LogP contribution is -2.43. The Labute approximate surface area is 169 Å². The minimum Gasteiger partial charge on any atom is -0.368 e. The Balaban J connectivity index is 1.86. The van der Waals surface area contributed by atoms with Crippen molar-refractivity contribution in [1.29, 1.82) is 0 Å². The molecule has 0 bridgehead atoms. The van der Waals surface area contributed by atoms with Crippen molar-refractivity contribution >= 4 is 11.8 Å². The van der Waals surface area contributed by atoms with Crippen LogP contribution in [0.25, 0.3) is 0 Å². The zero-order valence-electron chi connectivity index (χ0n) is 16.2. The summed E-state index contributed by atoms with van der Waals surface area (Å²) in [4.78, 5) is 36.0. The maximum Gasteiger partial charge on any atom is 0.256 e. The van der Waals surface area contributed by atoms with E-state index in [-0.39, 0.29) is 11.9 Å². The van der Waals surface area contributed by atoms with Crippen molar-refractivity contribution in [2.45, 2.75) is 31.8 Å². The van der Waals surface area contributed by atoms with Crippen LogP contribution in [0.3, 0.4) is 0 Å². The molecule has 2 heterocycles. The second-order valence-corrected chi connectivity index (χ2v) is 7.30. The predicted octanol–water partition coefficient (Wildman–Crippen LogP) is 3.14. The molecule has 2 N–H and O–H groups in total. The third-order valence-corrected chi connectivity index (χ3v) is 5.37. The van der Waals surface area contributed by atoms with Gasteiger partial charge in [0.1, 0.15) is 6.04 Å². The number of amides is 2. The zero-order valence-corrected chi connectivity index (χ0v) is 16.2. The minimum atomic E-state index is -0.923. The van der Waals surface area contributed by atoms with Gasteiger partial charge in [0.15, 0.2) is 0 Å². The summed E-state index contributed by atoms with van der Waals surface area (Å²) in [6.07, 6.45) is 7.92. The summed E-state index contributed by atoms with van der Waals surface area (Å²) in [5.41, 5.74) is 10.2. The number of benzene rings is 1. The van der Waals surface area contributed by atoms with Crippen LogP contribution in [-0.4, -0.2) is 26.7 Å². The van der Waals surface area contributed by atoms with Crippen molar-refractivity contribution in [2.24, 2.45) is 5.73 Å². The van der Waals surface area contributed by atoms with E-state index < -0.39 is 11.9 Å². The van der Waals surface area contributed by atoms with E-state index in [9.17, 15) is 9.59 Å². The SMILES string of the molecule is Cc1ccc2c(c1)[C@H](N(C(=O)c1cccnc1)[C@@H](C(N)=O)c1cccnc1)CC2. The average molecular weight is 386 g/mol. The molecule has 0 aliphatic heterocycles. The number of pyridine rings is 2. The number of aromatic nitrogens is 2. The van der Waals surface area contributed by atoms with E-state index in [4.69, 9.17) is 5.73 Å². The molecule has 146 valence electrons. The Hall–Kier alpha value is -3.54. The van der Waals surface area contributed by atoms with Gasteiger partial charge in [-0.1, -0.05) is 29.8 Å². The molecule has 0 spiro atoms. The number of carbonyl (C=O) groups is 2. The number of carbonyl (C=O) groups excluding carboxylic acids is 2. The van der Waals surface area contributed by atoms with Gasteiger partial charge in [0.05, 0.1) is 11.6 Å². The number of hydrogen-bond acceptors (Lipinski definition) is 4. The minimum absolute atomic E-state index is 0.254. The lowest BCUT2D eigenvalue weighted by atomic mass is 9.98. The van der Waals surface area contributed by atoms with Crippen LogP contribution in [0, 0.1) is 6.92 Å². The van der Waals surface area contributed by atoms with E-state index in [0.29, 0.717) is 11.1 Å². The molecule has 4 rings (SSSR count). The standard InChI is InChI=1S/C23H22N4O2/c1-15-6-7-16-8-9-20(19(16)12-15)27(23(29)18-5-3-11-26-14-18)21(22(24)28)17-4-2-10-25-13-17/h2-7,10-14,20-21H,8-9H2,1H3,(H2,24,28)/t20-,21-/m1/s1. The topological polar surface area (TPSA) is 89.2 Å². The van der Waals surface area contributed by atoms with E-state index in [1.165, 1.54) is 11.8 Å². The second-order valence-electron chi connectivity index (χ2n) is 7.30. The molecule has 6 heteroatoms. The highest BCUT2D eigenvalue weighted by Crippen LogP contribution is 2.41. The monoisotopic (exact) mass is 386 g/mol. The van der Waals surface area contributed by atoms with Crippen molar-refractivity contribution in [1.82, 2.24) is 14.9 Å². The molecule has 1 aromatic carbocycles. The molecule has 0 unspecified atom stereocenters. The molecule has 2 amide bonds. The lowest BCUT2D eigenvalue weighted by Gasteiger charge is -2.35. The fourth-order valence-electron chi connectivity index (χ4n) is 4.07. The number of rotatable bonds is 5. The molecule has 6 nitrogen and oxygen atoms in total. The van der Waals surface area contributed by atoms with Crippen LogP contribution in [-0.2, 0) is 11.2 Å². The Morgan fingerprint density at radius 1 is 1.10 bits per heavy atom. The molecule has 2 atom stereocenters. The molecular weight excluding hydrogens is 364 g/mol. The normalized spacial score (nSPS) is 16.1. The fourth-order valence-corrected chi connectivity index (χ4v) is 4.07. The van der Waals surface area contributed by atoms with Gasteiger partial charge in [-0.25, -0.2) is 0 Å². The van der Waals surface area contributed by atoms with Gasteiger partial charge in [-0.05, 0) is 49.1 Å². The van der Waals surface area contributed by atoms with Gasteiger partial charge in [-0.15, -0.1) is 0 Å². The van der Waals surface area contributed by atoms with Gasteiger partial charge in [0.2, 0.25) is 5.91 Å². The lowest BCUT2D eigenvalue weighted by molar-refractivity contribution is -0.123. The quantitative estimate of drug-likeness (QED) is 0.729. The first-order valence-electron chi connectivity index (χ1n) is 9.57. The Morgan fingerprint density at radius 2 is 1.86 bits per heavy atom. The molecule has 0 fully saturated rings. The molecule has 0 saturated heterocycles. The smallest absolute Gasteiger partial charge is 0.256 e. The van der Waals surface area contributed by atoms with E-state index in [1.807, 2.05) is 6.92 Å². The largest absolute Gasteiger partial charge is 0.368 e. The third-order valence-electron chi connectivity index (χ3n) is 5.37. The van der Waals surface area contributed by atoms with Gasteiger partial charge in [0, 0.05) is 30.4 Å². The van der Waals surface area contributed by atoms with Gasteiger partial charge in [0.25, 0.3) is 5.91 Å². The predicted molar refractivity (Wildman–Crippen MR) is 109 cm³/mol. The molecule has 0 radical (unpaired) electrons. The molecule has 3 aromatic rings. The molecule has 0 saturated carbocycles. The van der Waals surface area contributed by atoms with Crippen LogP contribution in [0.4, 0.5) is 0 Å². The number of aryl methyl sites for hydroxylation is 2. The summed E-state index contributed by atoms with van der Waals surface area (Å²) in [7, 11) is 0.